The van der Waals surface area contributed by atoms with Gasteiger partial charge < -0.3 is 10.1 Å². The summed E-state index contributed by atoms with van der Waals surface area (Å²) in [7, 11) is 1.63. The second-order valence-corrected chi connectivity index (χ2v) is 5.29. The molecule has 2 heterocycles. The van der Waals surface area contributed by atoms with Gasteiger partial charge >= 0.3 is 0 Å². The first kappa shape index (κ1) is 13.1. The average Bonchev–Trinajstić information content (AvgIpc) is 2.87. The molecule has 96 valence electrons. The molecule has 0 fully saturated rings. The zero-order valence-electron chi connectivity index (χ0n) is 10.8. The van der Waals surface area contributed by atoms with Crippen molar-refractivity contribution >= 4 is 11.3 Å². The third-order valence-corrected chi connectivity index (χ3v) is 3.93. The number of ether oxygens (including phenoxy) is 1. The number of nitrogens with one attached hydrogen (secondary N) is 1. The van der Waals surface area contributed by atoms with Gasteiger partial charge in [-0.05, 0) is 24.1 Å². The number of aryl methyl sites for hydroxylation is 1. The van der Waals surface area contributed by atoms with Crippen LogP contribution in [0.4, 0.5) is 0 Å². The van der Waals surface area contributed by atoms with Crippen molar-refractivity contribution in [3.05, 3.63) is 45.8 Å². The maximum Gasteiger partial charge on any atom is 0.212 e. The van der Waals surface area contributed by atoms with Crippen molar-refractivity contribution in [2.75, 3.05) is 7.11 Å². The van der Waals surface area contributed by atoms with Crippen molar-refractivity contribution in [2.24, 2.45) is 0 Å². The molecule has 0 aliphatic carbocycles. The van der Waals surface area contributed by atoms with Crippen LogP contribution in [0.5, 0.6) is 5.88 Å². The zero-order chi connectivity index (χ0) is 12.8. The van der Waals surface area contributed by atoms with E-state index in [2.05, 4.69) is 29.4 Å². The first-order valence-electron chi connectivity index (χ1n) is 6.09. The zero-order valence-corrected chi connectivity index (χ0v) is 11.6. The third-order valence-electron chi connectivity index (χ3n) is 2.70. The SMILES string of the molecule is CCc1ccc(CNCc2ccc(OC)nc2)s1. The van der Waals surface area contributed by atoms with E-state index in [-0.39, 0.29) is 0 Å². The van der Waals surface area contributed by atoms with E-state index in [1.54, 1.807) is 7.11 Å². The molecular weight excluding hydrogens is 244 g/mol. The van der Waals surface area contributed by atoms with Gasteiger partial charge in [0.1, 0.15) is 0 Å². The summed E-state index contributed by atoms with van der Waals surface area (Å²) in [6, 6.07) is 8.32. The molecule has 2 aromatic heterocycles. The lowest BCUT2D eigenvalue weighted by atomic mass is 10.3. The lowest BCUT2D eigenvalue weighted by Gasteiger charge is -2.04. The monoisotopic (exact) mass is 262 g/mol. The average molecular weight is 262 g/mol. The highest BCUT2D eigenvalue weighted by Gasteiger charge is 1.99. The molecule has 18 heavy (non-hydrogen) atoms. The van der Waals surface area contributed by atoms with Crippen molar-refractivity contribution in [2.45, 2.75) is 26.4 Å². The second-order valence-electron chi connectivity index (χ2n) is 4.03. The molecule has 0 aromatic carbocycles. The van der Waals surface area contributed by atoms with E-state index in [0.29, 0.717) is 5.88 Å². The minimum absolute atomic E-state index is 0.657. The van der Waals surface area contributed by atoms with Gasteiger partial charge in [-0.1, -0.05) is 13.0 Å². The van der Waals surface area contributed by atoms with Crippen LogP contribution in [-0.4, -0.2) is 12.1 Å². The minimum Gasteiger partial charge on any atom is -0.481 e. The Bertz CT molecular complexity index is 479. The highest BCUT2D eigenvalue weighted by atomic mass is 32.1. The number of hydrogen-bond donors (Lipinski definition) is 1. The van der Waals surface area contributed by atoms with Crippen LogP contribution in [0.1, 0.15) is 22.2 Å². The van der Waals surface area contributed by atoms with Gasteiger partial charge in [-0.15, -0.1) is 11.3 Å². The standard InChI is InChI=1S/C14H18N2OS/c1-3-12-5-6-13(18-12)10-15-8-11-4-7-14(17-2)16-9-11/h4-7,9,15H,3,8,10H2,1-2H3. The van der Waals surface area contributed by atoms with Crippen molar-refractivity contribution in [3.8, 4) is 5.88 Å². The third kappa shape index (κ3) is 3.55. The van der Waals surface area contributed by atoms with Gasteiger partial charge in [0.15, 0.2) is 0 Å². The Morgan fingerprint density at radius 2 is 2.00 bits per heavy atom. The molecule has 3 nitrogen and oxygen atoms in total. The van der Waals surface area contributed by atoms with Gasteiger partial charge in [-0.3, -0.25) is 0 Å². The summed E-state index contributed by atoms with van der Waals surface area (Å²) in [5.41, 5.74) is 1.17. The minimum atomic E-state index is 0.657. The Kier molecular flexibility index (Phi) is 4.73. The predicted molar refractivity (Wildman–Crippen MR) is 75.0 cm³/mol. The maximum absolute atomic E-state index is 5.03. The summed E-state index contributed by atoms with van der Waals surface area (Å²) >= 11 is 1.88. The fourth-order valence-corrected chi connectivity index (χ4v) is 2.60. The molecule has 0 bridgehead atoms. The summed E-state index contributed by atoms with van der Waals surface area (Å²) in [5.74, 6) is 0.657. The fourth-order valence-electron chi connectivity index (χ4n) is 1.67. The number of rotatable bonds is 6. The quantitative estimate of drug-likeness (QED) is 0.869. The second kappa shape index (κ2) is 6.52. The number of methoxy groups -OCH3 is 1. The van der Waals surface area contributed by atoms with Crippen LogP contribution in [0.25, 0.3) is 0 Å². The Balaban J connectivity index is 1.80. The molecule has 0 saturated carbocycles. The lowest BCUT2D eigenvalue weighted by molar-refractivity contribution is 0.397. The van der Waals surface area contributed by atoms with Gasteiger partial charge in [-0.2, -0.15) is 0 Å². The number of hydrogen-bond acceptors (Lipinski definition) is 4. The molecule has 0 aliphatic rings. The fraction of sp³-hybridized carbons (Fsp3) is 0.357. The molecule has 0 amide bonds. The summed E-state index contributed by atoms with van der Waals surface area (Å²) in [5, 5.41) is 3.42. The molecule has 0 saturated heterocycles. The van der Waals surface area contributed by atoms with E-state index in [1.807, 2.05) is 29.7 Å². The van der Waals surface area contributed by atoms with E-state index in [1.165, 1.54) is 15.3 Å². The Labute approximate surface area is 112 Å². The van der Waals surface area contributed by atoms with Crippen LogP contribution in [0.2, 0.25) is 0 Å². The molecule has 2 rings (SSSR count). The molecule has 0 radical (unpaired) electrons. The molecular formula is C14H18N2OS. The highest BCUT2D eigenvalue weighted by Crippen LogP contribution is 2.16. The van der Waals surface area contributed by atoms with Crippen LogP contribution in [0.15, 0.2) is 30.5 Å². The molecule has 0 spiro atoms. The van der Waals surface area contributed by atoms with Gasteiger partial charge in [-0.25, -0.2) is 4.98 Å². The van der Waals surface area contributed by atoms with E-state index in [0.717, 1.165) is 19.5 Å². The maximum atomic E-state index is 5.03. The number of thiophene rings is 1. The molecule has 0 atom stereocenters. The molecule has 0 aliphatic heterocycles. The van der Waals surface area contributed by atoms with Crippen LogP contribution >= 0.6 is 11.3 Å². The predicted octanol–water partition coefficient (Wildman–Crippen LogP) is 3.00. The number of aromatic nitrogens is 1. The number of pyridine rings is 1. The summed E-state index contributed by atoms with van der Waals surface area (Å²) in [6.07, 6.45) is 2.96. The first-order valence-corrected chi connectivity index (χ1v) is 6.90. The van der Waals surface area contributed by atoms with Gasteiger partial charge in [0.2, 0.25) is 5.88 Å². The normalized spacial score (nSPS) is 10.6. The molecule has 4 heteroatoms. The van der Waals surface area contributed by atoms with E-state index in [9.17, 15) is 0 Å². The van der Waals surface area contributed by atoms with Crippen LogP contribution < -0.4 is 10.1 Å². The van der Waals surface area contributed by atoms with Gasteiger partial charge in [0.25, 0.3) is 0 Å². The Morgan fingerprint density at radius 1 is 1.17 bits per heavy atom. The lowest BCUT2D eigenvalue weighted by Crippen LogP contribution is -2.11. The van der Waals surface area contributed by atoms with Crippen LogP contribution in [0, 0.1) is 0 Å². The van der Waals surface area contributed by atoms with E-state index >= 15 is 0 Å². The number of nitrogens with zero attached hydrogens (tertiary/aromatic N) is 1. The first-order chi connectivity index (χ1) is 8.81. The Hall–Kier alpha value is -1.39. The molecule has 2 aromatic rings. The van der Waals surface area contributed by atoms with Gasteiger partial charge in [0, 0.05) is 35.1 Å². The van der Waals surface area contributed by atoms with Gasteiger partial charge in [0.05, 0.1) is 7.11 Å². The summed E-state index contributed by atoms with van der Waals surface area (Å²) in [6.45, 7) is 3.93. The molecule has 1 N–H and O–H groups in total. The van der Waals surface area contributed by atoms with Crippen LogP contribution in [-0.2, 0) is 19.5 Å². The smallest absolute Gasteiger partial charge is 0.212 e. The highest BCUT2D eigenvalue weighted by molar-refractivity contribution is 7.11. The van der Waals surface area contributed by atoms with Crippen molar-refractivity contribution in [1.82, 2.24) is 10.3 Å². The Morgan fingerprint density at radius 3 is 2.61 bits per heavy atom. The largest absolute Gasteiger partial charge is 0.481 e. The molecule has 0 unspecified atom stereocenters. The van der Waals surface area contributed by atoms with Crippen molar-refractivity contribution < 1.29 is 4.74 Å². The van der Waals surface area contributed by atoms with Crippen LogP contribution in [0.3, 0.4) is 0 Å². The summed E-state index contributed by atoms with van der Waals surface area (Å²) in [4.78, 5) is 7.01. The van der Waals surface area contributed by atoms with E-state index in [4.69, 9.17) is 4.74 Å². The van der Waals surface area contributed by atoms with Crippen molar-refractivity contribution in [3.63, 3.8) is 0 Å². The summed E-state index contributed by atoms with van der Waals surface area (Å²) < 4.78 is 5.03. The van der Waals surface area contributed by atoms with E-state index < -0.39 is 0 Å². The van der Waals surface area contributed by atoms with Crippen molar-refractivity contribution in [1.29, 1.82) is 0 Å². The topological polar surface area (TPSA) is 34.1 Å².